The first-order chi connectivity index (χ1) is 15.5. The Kier molecular flexibility index (Phi) is 5.35. The van der Waals surface area contributed by atoms with Gasteiger partial charge in [0.05, 0.1) is 18.2 Å². The molecular weight excluding hydrogens is 406 g/mol. The first-order valence-electron chi connectivity index (χ1n) is 11.1. The number of carbonyl (C=O) groups is 2. The summed E-state index contributed by atoms with van der Waals surface area (Å²) in [7, 11) is 0. The molecule has 1 saturated heterocycles. The molecule has 7 heteroatoms. The highest BCUT2D eigenvalue weighted by atomic mass is 16.5. The van der Waals surface area contributed by atoms with Crippen molar-refractivity contribution in [2.45, 2.75) is 44.7 Å². The number of nitrogens with one attached hydrogen (secondary N) is 3. The maximum Gasteiger partial charge on any atom is 0.335 e. The highest BCUT2D eigenvalue weighted by Gasteiger charge is 2.32. The van der Waals surface area contributed by atoms with Crippen molar-refractivity contribution in [1.82, 2.24) is 5.32 Å². The average molecular weight is 434 g/mol. The van der Waals surface area contributed by atoms with E-state index in [2.05, 4.69) is 22.0 Å². The van der Waals surface area contributed by atoms with Crippen molar-refractivity contribution in [1.29, 1.82) is 0 Å². The summed E-state index contributed by atoms with van der Waals surface area (Å²) in [6, 6.07) is 11.3. The molecule has 1 amide bonds. The second-order valence-corrected chi connectivity index (χ2v) is 8.73. The van der Waals surface area contributed by atoms with Crippen molar-refractivity contribution < 1.29 is 19.4 Å². The lowest BCUT2D eigenvalue weighted by Gasteiger charge is -2.15. The molecule has 0 spiro atoms. The lowest BCUT2D eigenvalue weighted by molar-refractivity contribution is -0.110. The Labute approximate surface area is 186 Å². The van der Waals surface area contributed by atoms with Crippen LogP contribution in [0.25, 0.3) is 5.57 Å². The molecule has 3 heterocycles. The van der Waals surface area contributed by atoms with E-state index in [-0.39, 0.29) is 17.5 Å². The minimum Gasteiger partial charge on any atom is -0.494 e. The Hall–Kier alpha value is -3.32. The van der Waals surface area contributed by atoms with E-state index >= 15 is 0 Å². The Morgan fingerprint density at radius 1 is 1.19 bits per heavy atom. The van der Waals surface area contributed by atoms with E-state index in [4.69, 9.17) is 4.74 Å². The van der Waals surface area contributed by atoms with Crippen molar-refractivity contribution in [2.24, 2.45) is 0 Å². The quantitative estimate of drug-likeness (QED) is 0.519. The van der Waals surface area contributed by atoms with Crippen LogP contribution in [-0.4, -0.2) is 42.2 Å². The van der Waals surface area contributed by atoms with Crippen LogP contribution in [0.15, 0.2) is 42.0 Å². The van der Waals surface area contributed by atoms with Gasteiger partial charge in [0.25, 0.3) is 5.91 Å². The zero-order valence-corrected chi connectivity index (χ0v) is 18.0. The van der Waals surface area contributed by atoms with Crippen LogP contribution in [0.1, 0.15) is 47.7 Å². The number of anilines is 2. The fourth-order valence-electron chi connectivity index (χ4n) is 4.88. The highest BCUT2D eigenvalue weighted by molar-refractivity contribution is 6.32. The Balaban J connectivity index is 1.32. The Morgan fingerprint density at radius 3 is 2.81 bits per heavy atom. The Bertz CT molecular complexity index is 1120. The number of hydrogen-bond donors (Lipinski definition) is 4. The van der Waals surface area contributed by atoms with Gasteiger partial charge in [-0.25, -0.2) is 4.79 Å². The van der Waals surface area contributed by atoms with Gasteiger partial charge in [-0.15, -0.1) is 0 Å². The third kappa shape index (κ3) is 3.84. The van der Waals surface area contributed by atoms with Crippen molar-refractivity contribution in [2.75, 3.05) is 23.8 Å². The van der Waals surface area contributed by atoms with E-state index in [9.17, 15) is 14.7 Å². The van der Waals surface area contributed by atoms with Gasteiger partial charge in [0.2, 0.25) is 0 Å². The number of amides is 1. The second kappa shape index (κ2) is 8.31. The number of carboxylic acid groups (broad SMARTS) is 1. The predicted octanol–water partition coefficient (Wildman–Crippen LogP) is 3.67. The van der Waals surface area contributed by atoms with Gasteiger partial charge in [0.15, 0.2) is 0 Å². The summed E-state index contributed by atoms with van der Waals surface area (Å²) in [6.07, 6.45) is 4.21. The van der Waals surface area contributed by atoms with Crippen LogP contribution in [0, 0.1) is 0 Å². The van der Waals surface area contributed by atoms with E-state index < -0.39 is 5.97 Å². The summed E-state index contributed by atoms with van der Waals surface area (Å²) in [5.41, 5.74) is 5.11. The first-order valence-corrected chi connectivity index (χ1v) is 11.1. The van der Waals surface area contributed by atoms with E-state index in [0.29, 0.717) is 29.5 Å². The minimum atomic E-state index is -1.01. The number of carbonyl (C=O) groups excluding carboxylic acids is 1. The molecule has 0 bridgehead atoms. The molecule has 0 saturated carbocycles. The van der Waals surface area contributed by atoms with Gasteiger partial charge in [-0.3, -0.25) is 4.79 Å². The van der Waals surface area contributed by atoms with Crippen LogP contribution in [0.4, 0.5) is 11.4 Å². The fourth-order valence-corrected chi connectivity index (χ4v) is 4.88. The molecule has 0 radical (unpaired) electrons. The molecule has 3 aliphatic heterocycles. The number of benzene rings is 2. The topological polar surface area (TPSA) is 99.7 Å². The molecule has 1 fully saturated rings. The maximum absolute atomic E-state index is 12.7. The van der Waals surface area contributed by atoms with Crippen molar-refractivity contribution in [3.8, 4) is 5.75 Å². The zero-order chi connectivity index (χ0) is 22.2. The first kappa shape index (κ1) is 20.6. The predicted molar refractivity (Wildman–Crippen MR) is 123 cm³/mol. The van der Waals surface area contributed by atoms with Crippen molar-refractivity contribution in [3.63, 3.8) is 0 Å². The van der Waals surface area contributed by atoms with Crippen molar-refractivity contribution >= 4 is 28.8 Å². The number of ether oxygens (including phenoxy) is 1. The number of aromatic carboxylic acids is 1. The van der Waals surface area contributed by atoms with Gasteiger partial charge >= 0.3 is 5.97 Å². The third-order valence-electron chi connectivity index (χ3n) is 6.66. The summed E-state index contributed by atoms with van der Waals surface area (Å²) in [5, 5.41) is 19.2. The molecule has 0 aliphatic carbocycles. The molecule has 2 atom stereocenters. The van der Waals surface area contributed by atoms with Gasteiger partial charge in [-0.1, -0.05) is 0 Å². The number of rotatable bonds is 6. The number of hydrogen-bond acceptors (Lipinski definition) is 5. The van der Waals surface area contributed by atoms with E-state index in [1.54, 1.807) is 12.1 Å². The van der Waals surface area contributed by atoms with Gasteiger partial charge in [0, 0.05) is 28.6 Å². The van der Waals surface area contributed by atoms with Crippen LogP contribution < -0.4 is 20.7 Å². The lowest BCUT2D eigenvalue weighted by Crippen LogP contribution is -2.23. The van der Waals surface area contributed by atoms with E-state index in [1.165, 1.54) is 18.9 Å². The molecule has 166 valence electrons. The monoisotopic (exact) mass is 433 g/mol. The minimum absolute atomic E-state index is 0.0388. The van der Waals surface area contributed by atoms with Crippen LogP contribution in [0.3, 0.4) is 0 Å². The number of fused-ring (bicyclic) bond motifs is 2. The molecule has 2 aromatic carbocycles. The summed E-state index contributed by atoms with van der Waals surface area (Å²) < 4.78 is 5.99. The third-order valence-corrected chi connectivity index (χ3v) is 6.66. The molecule has 2 aromatic rings. The maximum atomic E-state index is 12.7. The van der Waals surface area contributed by atoms with Crippen LogP contribution in [0.2, 0.25) is 0 Å². The van der Waals surface area contributed by atoms with Gasteiger partial charge in [0.1, 0.15) is 5.75 Å². The molecule has 5 rings (SSSR count). The largest absolute Gasteiger partial charge is 0.494 e. The smallest absolute Gasteiger partial charge is 0.335 e. The standard InChI is InChI=1S/C25H27N3O4/c1-14(23-19-12-15(25(30)31)4-6-21(19)28-24(23)29)22-13-16-11-18(5-7-20(16)27-22)32-10-8-17-3-2-9-26-17/h4-7,11-12,17,22,26-27H,2-3,8-10,13H2,1H3,(H,28,29)(H,30,31)/b23-14-. The summed E-state index contributed by atoms with van der Waals surface area (Å²) in [6.45, 7) is 3.73. The summed E-state index contributed by atoms with van der Waals surface area (Å²) in [5.74, 6) is -0.335. The molecular formula is C25H27N3O4. The van der Waals surface area contributed by atoms with E-state index in [0.717, 1.165) is 42.0 Å². The highest BCUT2D eigenvalue weighted by Crippen LogP contribution is 2.39. The van der Waals surface area contributed by atoms with Gasteiger partial charge < -0.3 is 25.8 Å². The second-order valence-electron chi connectivity index (χ2n) is 8.73. The fraction of sp³-hybridized carbons (Fsp3) is 0.360. The summed E-state index contributed by atoms with van der Waals surface area (Å²) in [4.78, 5) is 24.1. The molecule has 4 N–H and O–H groups in total. The van der Waals surface area contributed by atoms with Gasteiger partial charge in [-0.2, -0.15) is 0 Å². The SMILES string of the molecule is C/C(=C1/C(=O)Nc2ccc(C(=O)O)cc21)C1Cc2cc(OCCC3CCCN3)ccc2N1. The average Bonchev–Trinajstić information content (AvgIpc) is 3.50. The van der Waals surface area contributed by atoms with Crippen molar-refractivity contribution in [3.05, 3.63) is 58.7 Å². The molecule has 32 heavy (non-hydrogen) atoms. The lowest BCUT2D eigenvalue weighted by atomic mass is 9.94. The zero-order valence-electron chi connectivity index (χ0n) is 18.0. The van der Waals surface area contributed by atoms with Gasteiger partial charge in [-0.05, 0) is 86.7 Å². The molecule has 3 aliphatic rings. The molecule has 0 aromatic heterocycles. The summed E-state index contributed by atoms with van der Waals surface area (Å²) >= 11 is 0. The normalized spacial score (nSPS) is 22.7. The molecule has 2 unspecified atom stereocenters. The molecule has 7 nitrogen and oxygen atoms in total. The number of carboxylic acids is 1. The van der Waals surface area contributed by atoms with Crippen LogP contribution in [0.5, 0.6) is 5.75 Å². The van der Waals surface area contributed by atoms with E-state index in [1.807, 2.05) is 19.1 Å². The van der Waals surface area contributed by atoms with Crippen LogP contribution >= 0.6 is 0 Å². The van der Waals surface area contributed by atoms with Crippen LogP contribution in [-0.2, 0) is 11.2 Å². The Morgan fingerprint density at radius 2 is 2.03 bits per heavy atom.